The summed E-state index contributed by atoms with van der Waals surface area (Å²) >= 11 is 0. The number of carbonyl (C=O) groups is 2. The van der Waals surface area contributed by atoms with Crippen LogP contribution in [-0.2, 0) is 4.79 Å². The van der Waals surface area contributed by atoms with Crippen LogP contribution in [0.1, 0.15) is 47.5 Å². The summed E-state index contributed by atoms with van der Waals surface area (Å²) in [4.78, 5) is 25.5. The van der Waals surface area contributed by atoms with Crippen molar-refractivity contribution in [2.45, 2.75) is 25.7 Å². The Morgan fingerprint density at radius 3 is 2.73 bits per heavy atom. The maximum Gasteiger partial charge on any atom is 0.312 e. The lowest BCUT2D eigenvalue weighted by Crippen LogP contribution is -2.31. The third-order valence-electron chi connectivity index (χ3n) is 3.83. The number of para-hydroxylation sites is 1. The third-order valence-corrected chi connectivity index (χ3v) is 3.83. The fraction of sp³-hybridized carbons (Fsp3) is 0.312. The average molecular weight is 300 g/mol. The number of hydrogen-bond acceptors (Lipinski definition) is 4. The van der Waals surface area contributed by atoms with Crippen LogP contribution in [0.25, 0.3) is 0 Å². The Morgan fingerprint density at radius 1 is 1.36 bits per heavy atom. The summed E-state index contributed by atoms with van der Waals surface area (Å²) in [6.45, 7) is 4.00. The Kier molecular flexibility index (Phi) is 3.44. The van der Waals surface area contributed by atoms with Crippen molar-refractivity contribution in [3.05, 3.63) is 47.3 Å². The Balaban J connectivity index is 1.95. The number of nitrogens with zero attached hydrogens (tertiary/aromatic N) is 2. The number of rotatable bonds is 3. The molecule has 22 heavy (non-hydrogen) atoms. The van der Waals surface area contributed by atoms with E-state index in [1.54, 1.807) is 30.3 Å². The molecule has 1 aliphatic rings. The molecule has 1 aliphatic heterocycles. The molecule has 0 bridgehead atoms. The monoisotopic (exact) mass is 300 g/mol. The quantitative estimate of drug-likeness (QED) is 0.942. The first-order valence-electron chi connectivity index (χ1n) is 7.09. The fourth-order valence-corrected chi connectivity index (χ4v) is 2.61. The van der Waals surface area contributed by atoms with Gasteiger partial charge in [-0.2, -0.15) is 0 Å². The molecule has 0 saturated carbocycles. The van der Waals surface area contributed by atoms with Gasteiger partial charge in [0, 0.05) is 24.2 Å². The largest absolute Gasteiger partial charge is 0.481 e. The minimum absolute atomic E-state index is 0.109. The standard InChI is InChI=1S/C16H16N2O4/c1-9(2)14-7-12(17-22-14)15(19)18-8-11(16(20)21)10-5-3-4-6-13(10)18/h3-7,9,11H,8H2,1-2H3,(H,20,21). The van der Waals surface area contributed by atoms with Gasteiger partial charge in [0.1, 0.15) is 11.7 Å². The predicted octanol–water partition coefficient (Wildman–Crippen LogP) is 2.63. The highest BCUT2D eigenvalue weighted by Crippen LogP contribution is 2.37. The molecule has 6 nitrogen and oxygen atoms in total. The van der Waals surface area contributed by atoms with E-state index in [2.05, 4.69) is 5.16 Å². The lowest BCUT2D eigenvalue weighted by Gasteiger charge is -2.15. The molecule has 0 saturated heterocycles. The van der Waals surface area contributed by atoms with Crippen molar-refractivity contribution in [2.24, 2.45) is 0 Å². The number of benzene rings is 1. The molecule has 6 heteroatoms. The summed E-state index contributed by atoms with van der Waals surface area (Å²) in [5.74, 6) is -1.23. The number of fused-ring (bicyclic) bond motifs is 1. The van der Waals surface area contributed by atoms with Crippen LogP contribution in [0.4, 0.5) is 5.69 Å². The topological polar surface area (TPSA) is 83.6 Å². The fourth-order valence-electron chi connectivity index (χ4n) is 2.61. The SMILES string of the molecule is CC(C)c1cc(C(=O)N2CC(C(=O)O)c3ccccc32)no1. The molecule has 0 aliphatic carbocycles. The highest BCUT2D eigenvalue weighted by molar-refractivity contribution is 6.07. The molecule has 2 aromatic rings. The molecule has 2 heterocycles. The normalized spacial score (nSPS) is 16.9. The molecule has 3 rings (SSSR count). The smallest absolute Gasteiger partial charge is 0.312 e. The molecular formula is C16H16N2O4. The average Bonchev–Trinajstić information content (AvgIpc) is 3.12. The molecular weight excluding hydrogens is 284 g/mol. The first-order chi connectivity index (χ1) is 10.5. The zero-order chi connectivity index (χ0) is 15.9. The van der Waals surface area contributed by atoms with Gasteiger partial charge in [0.2, 0.25) is 0 Å². The number of hydrogen-bond donors (Lipinski definition) is 1. The molecule has 1 aromatic heterocycles. The zero-order valence-corrected chi connectivity index (χ0v) is 12.3. The summed E-state index contributed by atoms with van der Waals surface area (Å²) in [7, 11) is 0. The lowest BCUT2D eigenvalue weighted by atomic mass is 10.0. The van der Waals surface area contributed by atoms with Gasteiger partial charge in [-0.1, -0.05) is 37.2 Å². The highest BCUT2D eigenvalue weighted by atomic mass is 16.5. The number of aliphatic carboxylic acids is 1. The van der Waals surface area contributed by atoms with E-state index in [0.29, 0.717) is 17.0 Å². The predicted molar refractivity (Wildman–Crippen MR) is 79.1 cm³/mol. The van der Waals surface area contributed by atoms with E-state index in [4.69, 9.17) is 4.52 Å². The number of carbonyl (C=O) groups excluding carboxylic acids is 1. The van der Waals surface area contributed by atoms with E-state index in [0.717, 1.165) is 0 Å². The van der Waals surface area contributed by atoms with Gasteiger partial charge in [0.05, 0.1) is 0 Å². The Labute approximate surface area is 127 Å². The van der Waals surface area contributed by atoms with E-state index < -0.39 is 11.9 Å². The van der Waals surface area contributed by atoms with E-state index in [1.807, 2.05) is 13.8 Å². The van der Waals surface area contributed by atoms with Gasteiger partial charge in [0.25, 0.3) is 5.91 Å². The van der Waals surface area contributed by atoms with Crippen LogP contribution in [0.2, 0.25) is 0 Å². The summed E-state index contributed by atoms with van der Waals surface area (Å²) < 4.78 is 5.16. The van der Waals surface area contributed by atoms with Crippen molar-refractivity contribution in [1.29, 1.82) is 0 Å². The molecule has 114 valence electrons. The third kappa shape index (κ3) is 2.26. The van der Waals surface area contributed by atoms with Crippen LogP contribution < -0.4 is 4.90 Å². The maximum absolute atomic E-state index is 12.6. The molecule has 0 radical (unpaired) electrons. The van der Waals surface area contributed by atoms with Crippen LogP contribution in [0.15, 0.2) is 34.9 Å². The second-order valence-electron chi connectivity index (χ2n) is 5.63. The van der Waals surface area contributed by atoms with E-state index in [1.165, 1.54) is 4.90 Å². The van der Waals surface area contributed by atoms with Crippen LogP contribution in [0.5, 0.6) is 0 Å². The molecule has 0 fully saturated rings. The first kappa shape index (κ1) is 14.3. The second kappa shape index (κ2) is 5.29. The van der Waals surface area contributed by atoms with Crippen LogP contribution in [0.3, 0.4) is 0 Å². The Hall–Kier alpha value is -2.63. The lowest BCUT2D eigenvalue weighted by molar-refractivity contribution is -0.138. The number of carboxylic acids is 1. The van der Waals surface area contributed by atoms with Crippen molar-refractivity contribution in [3.8, 4) is 0 Å². The summed E-state index contributed by atoms with van der Waals surface area (Å²) in [6.07, 6.45) is 0. The molecule has 1 N–H and O–H groups in total. The highest BCUT2D eigenvalue weighted by Gasteiger charge is 2.37. The number of aromatic nitrogens is 1. The number of amides is 1. The maximum atomic E-state index is 12.6. The zero-order valence-electron chi connectivity index (χ0n) is 12.3. The first-order valence-corrected chi connectivity index (χ1v) is 7.09. The summed E-state index contributed by atoms with van der Waals surface area (Å²) in [5, 5.41) is 13.1. The van der Waals surface area contributed by atoms with Crippen LogP contribution >= 0.6 is 0 Å². The molecule has 1 unspecified atom stereocenters. The Bertz CT molecular complexity index is 735. The van der Waals surface area contributed by atoms with E-state index in [9.17, 15) is 14.7 Å². The van der Waals surface area contributed by atoms with Crippen LogP contribution in [0, 0.1) is 0 Å². The van der Waals surface area contributed by atoms with Gasteiger partial charge in [0.15, 0.2) is 5.69 Å². The molecule has 1 amide bonds. The minimum Gasteiger partial charge on any atom is -0.481 e. The van der Waals surface area contributed by atoms with Crippen molar-refractivity contribution < 1.29 is 19.2 Å². The Morgan fingerprint density at radius 2 is 2.09 bits per heavy atom. The number of anilines is 1. The van der Waals surface area contributed by atoms with E-state index in [-0.39, 0.29) is 24.1 Å². The van der Waals surface area contributed by atoms with Crippen molar-refractivity contribution >= 4 is 17.6 Å². The van der Waals surface area contributed by atoms with Gasteiger partial charge in [-0.05, 0) is 11.6 Å². The van der Waals surface area contributed by atoms with Gasteiger partial charge >= 0.3 is 5.97 Å². The summed E-state index contributed by atoms with van der Waals surface area (Å²) in [6, 6.07) is 8.66. The van der Waals surface area contributed by atoms with Gasteiger partial charge in [-0.3, -0.25) is 9.59 Å². The van der Waals surface area contributed by atoms with Crippen molar-refractivity contribution in [1.82, 2.24) is 5.16 Å². The molecule has 0 spiro atoms. The molecule has 1 aromatic carbocycles. The number of carboxylic acid groups (broad SMARTS) is 1. The van der Waals surface area contributed by atoms with Crippen LogP contribution in [-0.4, -0.2) is 28.7 Å². The van der Waals surface area contributed by atoms with Crippen molar-refractivity contribution in [2.75, 3.05) is 11.4 Å². The van der Waals surface area contributed by atoms with Crippen molar-refractivity contribution in [3.63, 3.8) is 0 Å². The molecule has 1 atom stereocenters. The minimum atomic E-state index is -0.939. The van der Waals surface area contributed by atoms with Gasteiger partial charge in [-0.25, -0.2) is 0 Å². The summed E-state index contributed by atoms with van der Waals surface area (Å²) in [5.41, 5.74) is 1.47. The van der Waals surface area contributed by atoms with Gasteiger partial charge in [-0.15, -0.1) is 0 Å². The second-order valence-corrected chi connectivity index (χ2v) is 5.63. The van der Waals surface area contributed by atoms with Gasteiger partial charge < -0.3 is 14.5 Å². The van der Waals surface area contributed by atoms with E-state index >= 15 is 0 Å².